The summed E-state index contributed by atoms with van der Waals surface area (Å²) in [6, 6.07) is 8.64. The molecule has 0 aliphatic heterocycles. The highest BCUT2D eigenvalue weighted by atomic mass is 19.2. The third-order valence-electron chi connectivity index (χ3n) is 3.00. The zero-order chi connectivity index (χ0) is 16.8. The summed E-state index contributed by atoms with van der Waals surface area (Å²) in [5.41, 5.74) is 0.225. The maximum atomic E-state index is 13.4. The van der Waals surface area contributed by atoms with Crippen LogP contribution in [0.1, 0.15) is 15.9 Å². The van der Waals surface area contributed by atoms with Gasteiger partial charge in [-0.15, -0.1) is 0 Å². The number of carbonyl (C=O) groups excluding carboxylic acids is 2. The van der Waals surface area contributed by atoms with Crippen molar-refractivity contribution in [3.05, 3.63) is 83.2 Å². The molecule has 0 saturated carbocycles. The van der Waals surface area contributed by atoms with E-state index in [1.807, 2.05) is 0 Å². The van der Waals surface area contributed by atoms with Crippen LogP contribution in [0, 0.1) is 17.5 Å². The Balaban J connectivity index is 1.94. The van der Waals surface area contributed by atoms with E-state index in [1.165, 1.54) is 18.2 Å². The lowest BCUT2D eigenvalue weighted by Crippen LogP contribution is -2.21. The van der Waals surface area contributed by atoms with Crippen LogP contribution in [-0.4, -0.2) is 11.7 Å². The number of carbonyl (C=O) groups is 2. The van der Waals surface area contributed by atoms with E-state index < -0.39 is 29.1 Å². The lowest BCUT2D eigenvalue weighted by Gasteiger charge is -2.03. The second-order valence-electron chi connectivity index (χ2n) is 4.64. The number of rotatable bonds is 5. The van der Waals surface area contributed by atoms with Crippen LogP contribution in [0.15, 0.2) is 54.6 Å². The second kappa shape index (κ2) is 7.40. The number of hydrogen-bond acceptors (Lipinski definition) is 2. The van der Waals surface area contributed by atoms with Crippen molar-refractivity contribution in [2.24, 2.45) is 0 Å². The summed E-state index contributed by atoms with van der Waals surface area (Å²) in [5.74, 6) is -3.91. The standard InChI is InChI=1S/C17H12F3NO2/c18-13-4-2-1-3-12(13)10-21-17(23)8-7-16(22)11-5-6-14(19)15(20)9-11/h1-9H,10H2,(H,21,23)/b8-7+. The molecular weight excluding hydrogens is 307 g/mol. The van der Waals surface area contributed by atoms with Crippen LogP contribution in [0.5, 0.6) is 0 Å². The van der Waals surface area contributed by atoms with E-state index in [0.29, 0.717) is 5.56 Å². The average molecular weight is 319 g/mol. The first-order valence-electron chi connectivity index (χ1n) is 6.66. The van der Waals surface area contributed by atoms with Crippen molar-refractivity contribution < 1.29 is 22.8 Å². The van der Waals surface area contributed by atoms with E-state index in [-0.39, 0.29) is 12.1 Å². The summed E-state index contributed by atoms with van der Waals surface area (Å²) in [6.07, 6.45) is 1.88. The molecule has 23 heavy (non-hydrogen) atoms. The van der Waals surface area contributed by atoms with Crippen LogP contribution in [-0.2, 0) is 11.3 Å². The molecule has 0 saturated heterocycles. The number of halogens is 3. The highest BCUT2D eigenvalue weighted by molar-refractivity contribution is 6.07. The Labute approximate surface area is 130 Å². The van der Waals surface area contributed by atoms with Crippen LogP contribution in [0.3, 0.4) is 0 Å². The number of nitrogens with one attached hydrogen (secondary N) is 1. The highest BCUT2D eigenvalue weighted by Crippen LogP contribution is 2.10. The van der Waals surface area contributed by atoms with Crippen molar-refractivity contribution >= 4 is 11.7 Å². The van der Waals surface area contributed by atoms with Gasteiger partial charge in [0.2, 0.25) is 5.91 Å². The van der Waals surface area contributed by atoms with Crippen molar-refractivity contribution in [2.45, 2.75) is 6.54 Å². The molecule has 0 heterocycles. The topological polar surface area (TPSA) is 46.2 Å². The highest BCUT2D eigenvalue weighted by Gasteiger charge is 2.08. The van der Waals surface area contributed by atoms with Crippen LogP contribution in [0.25, 0.3) is 0 Å². The van der Waals surface area contributed by atoms with Crippen LogP contribution in [0.2, 0.25) is 0 Å². The largest absolute Gasteiger partial charge is 0.348 e. The number of ketones is 1. The van der Waals surface area contributed by atoms with Gasteiger partial charge in [-0.2, -0.15) is 0 Å². The molecule has 6 heteroatoms. The van der Waals surface area contributed by atoms with Gasteiger partial charge >= 0.3 is 0 Å². The second-order valence-corrected chi connectivity index (χ2v) is 4.64. The summed E-state index contributed by atoms with van der Waals surface area (Å²) in [6.45, 7) is -0.0325. The summed E-state index contributed by atoms with van der Waals surface area (Å²) >= 11 is 0. The lowest BCUT2D eigenvalue weighted by molar-refractivity contribution is -0.116. The normalized spacial score (nSPS) is 10.7. The van der Waals surface area contributed by atoms with E-state index in [0.717, 1.165) is 30.4 Å². The van der Waals surface area contributed by atoms with E-state index in [4.69, 9.17) is 0 Å². The van der Waals surface area contributed by atoms with Crippen molar-refractivity contribution in [1.29, 1.82) is 0 Å². The molecule has 3 nitrogen and oxygen atoms in total. The zero-order valence-electron chi connectivity index (χ0n) is 11.9. The van der Waals surface area contributed by atoms with Crippen LogP contribution in [0.4, 0.5) is 13.2 Å². The molecule has 1 N–H and O–H groups in total. The Morgan fingerprint density at radius 2 is 1.65 bits per heavy atom. The minimum Gasteiger partial charge on any atom is -0.348 e. The molecule has 2 aromatic carbocycles. The summed E-state index contributed by atoms with van der Waals surface area (Å²) in [5, 5.41) is 2.42. The Morgan fingerprint density at radius 3 is 2.35 bits per heavy atom. The third-order valence-corrected chi connectivity index (χ3v) is 3.00. The van der Waals surface area contributed by atoms with Gasteiger partial charge in [0.1, 0.15) is 5.82 Å². The third kappa shape index (κ3) is 4.54. The van der Waals surface area contributed by atoms with E-state index >= 15 is 0 Å². The monoisotopic (exact) mass is 319 g/mol. The lowest BCUT2D eigenvalue weighted by atomic mass is 10.1. The van der Waals surface area contributed by atoms with Gasteiger partial charge in [0.05, 0.1) is 0 Å². The molecule has 2 aromatic rings. The Morgan fingerprint density at radius 1 is 0.913 bits per heavy atom. The van der Waals surface area contributed by atoms with Gasteiger partial charge in [-0.25, -0.2) is 13.2 Å². The fourth-order valence-electron chi connectivity index (χ4n) is 1.78. The number of amides is 1. The molecule has 2 rings (SSSR count). The number of benzene rings is 2. The van der Waals surface area contributed by atoms with Crippen molar-refractivity contribution in [3.8, 4) is 0 Å². The molecule has 0 bridgehead atoms. The Kier molecular flexibility index (Phi) is 5.30. The van der Waals surface area contributed by atoms with Crippen molar-refractivity contribution in [2.75, 3.05) is 0 Å². The predicted molar refractivity (Wildman–Crippen MR) is 78.1 cm³/mol. The maximum Gasteiger partial charge on any atom is 0.244 e. The van der Waals surface area contributed by atoms with Gasteiger partial charge < -0.3 is 5.32 Å². The van der Waals surface area contributed by atoms with Gasteiger partial charge in [0.15, 0.2) is 17.4 Å². The SMILES string of the molecule is O=C(/C=C/C(=O)c1ccc(F)c(F)c1)NCc1ccccc1F. The molecule has 0 unspecified atom stereocenters. The summed E-state index contributed by atoms with van der Waals surface area (Å²) in [4.78, 5) is 23.3. The number of hydrogen-bond donors (Lipinski definition) is 1. The first-order chi connectivity index (χ1) is 11.0. The molecule has 0 fully saturated rings. The fourth-order valence-corrected chi connectivity index (χ4v) is 1.78. The van der Waals surface area contributed by atoms with Gasteiger partial charge in [0, 0.05) is 23.7 Å². The van der Waals surface area contributed by atoms with E-state index in [2.05, 4.69) is 5.32 Å². The van der Waals surface area contributed by atoms with Crippen molar-refractivity contribution in [3.63, 3.8) is 0 Å². The van der Waals surface area contributed by atoms with Crippen molar-refractivity contribution in [1.82, 2.24) is 5.32 Å². The van der Waals surface area contributed by atoms with E-state index in [1.54, 1.807) is 6.07 Å². The first kappa shape index (κ1) is 16.5. The van der Waals surface area contributed by atoms with E-state index in [9.17, 15) is 22.8 Å². The van der Waals surface area contributed by atoms with Crippen LogP contribution >= 0.6 is 0 Å². The summed E-state index contributed by atoms with van der Waals surface area (Å²) < 4.78 is 39.1. The molecule has 0 aliphatic carbocycles. The molecule has 0 aromatic heterocycles. The quantitative estimate of drug-likeness (QED) is 0.680. The van der Waals surface area contributed by atoms with Gasteiger partial charge in [-0.3, -0.25) is 9.59 Å². The Hall–Kier alpha value is -2.89. The molecule has 0 atom stereocenters. The molecule has 0 spiro atoms. The average Bonchev–Trinajstić information content (AvgIpc) is 2.54. The fraction of sp³-hybridized carbons (Fsp3) is 0.0588. The molecular formula is C17H12F3NO2. The minimum atomic E-state index is -1.15. The smallest absolute Gasteiger partial charge is 0.244 e. The minimum absolute atomic E-state index is 0.0325. The molecule has 0 aliphatic rings. The van der Waals surface area contributed by atoms with Gasteiger partial charge in [-0.05, 0) is 30.3 Å². The molecule has 1 amide bonds. The Bertz CT molecular complexity index is 772. The summed E-state index contributed by atoms with van der Waals surface area (Å²) in [7, 11) is 0. The maximum absolute atomic E-state index is 13.4. The zero-order valence-corrected chi connectivity index (χ0v) is 11.9. The predicted octanol–water partition coefficient (Wildman–Crippen LogP) is 3.16. The first-order valence-corrected chi connectivity index (χ1v) is 6.66. The molecule has 0 radical (unpaired) electrons. The molecule has 118 valence electrons. The van der Waals surface area contributed by atoms with Gasteiger partial charge in [0.25, 0.3) is 0 Å². The number of allylic oxidation sites excluding steroid dienone is 1. The van der Waals surface area contributed by atoms with Gasteiger partial charge in [-0.1, -0.05) is 18.2 Å². The van der Waals surface area contributed by atoms with Crippen LogP contribution < -0.4 is 5.32 Å².